The number of rotatable bonds is 2. The van der Waals surface area contributed by atoms with Gasteiger partial charge in [0.1, 0.15) is 0 Å². The molecule has 61 heavy (non-hydrogen) atoms. The van der Waals surface area contributed by atoms with Gasteiger partial charge in [0.2, 0.25) is 0 Å². The van der Waals surface area contributed by atoms with Crippen molar-refractivity contribution in [1.82, 2.24) is 0 Å². The molecule has 1 fully saturated rings. The fraction of sp³-hybridized carbons (Fsp3) is 0.439. The largest absolute Gasteiger partial charge is 0.311 e. The van der Waals surface area contributed by atoms with Crippen LogP contribution in [0.25, 0.3) is 10.1 Å². The van der Waals surface area contributed by atoms with E-state index in [9.17, 15) is 0 Å². The van der Waals surface area contributed by atoms with Crippen molar-refractivity contribution >= 4 is 78.0 Å². The van der Waals surface area contributed by atoms with Gasteiger partial charge >= 0.3 is 0 Å². The van der Waals surface area contributed by atoms with Gasteiger partial charge in [-0.05, 0) is 193 Å². The first-order valence-corrected chi connectivity index (χ1v) is 24.2. The van der Waals surface area contributed by atoms with Gasteiger partial charge in [0.25, 0.3) is 6.71 Å². The highest BCUT2D eigenvalue weighted by Crippen LogP contribution is 2.58. The number of fused-ring (bicyclic) bond motifs is 9. The van der Waals surface area contributed by atoms with Crippen LogP contribution in [0.15, 0.2) is 84.9 Å². The highest BCUT2D eigenvalue weighted by atomic mass is 32.1. The van der Waals surface area contributed by atoms with Crippen molar-refractivity contribution in [2.75, 3.05) is 9.80 Å². The minimum Gasteiger partial charge on any atom is -0.311 e. The summed E-state index contributed by atoms with van der Waals surface area (Å²) < 4.78 is 1.45. The lowest BCUT2D eigenvalue weighted by atomic mass is 9.33. The average Bonchev–Trinajstić information content (AvgIpc) is 3.57. The maximum Gasteiger partial charge on any atom is 0.254 e. The molecule has 1 aromatic heterocycles. The van der Waals surface area contributed by atoms with E-state index in [2.05, 4.69) is 185 Å². The quantitative estimate of drug-likeness (QED) is 0.160. The van der Waals surface area contributed by atoms with Crippen LogP contribution in [0.1, 0.15) is 161 Å². The van der Waals surface area contributed by atoms with Crippen molar-refractivity contribution in [2.24, 2.45) is 0 Å². The van der Waals surface area contributed by atoms with E-state index in [1.807, 2.05) is 11.3 Å². The molecule has 12 rings (SSSR count). The van der Waals surface area contributed by atoms with E-state index >= 15 is 0 Å². The molecule has 0 radical (unpaired) electrons. The average molecular weight is 821 g/mol. The van der Waals surface area contributed by atoms with E-state index in [4.69, 9.17) is 0 Å². The van der Waals surface area contributed by atoms with Gasteiger partial charge in [-0.2, -0.15) is 0 Å². The maximum atomic E-state index is 2.72. The highest BCUT2D eigenvalue weighted by molar-refractivity contribution is 7.26. The number of hydrogen-bond donors (Lipinski definition) is 0. The molecule has 0 atom stereocenters. The van der Waals surface area contributed by atoms with Crippen LogP contribution < -0.4 is 26.2 Å². The standard InChI is InChI=1S/C57H65BN2S/c1-34-28-46-50-47(29-34)60(38-20-16-36(17-21-38)53(5,6)7)51-49(39-30-42-43(33-48(39)61-51)57(13)26-24-56(42,12)25-27-57)58(50)44-31-40-41(55(10,11)23-22-54(40,8)9)32-45(44)59(46)37-18-14-35(15-19-37)52(2,3)4/h14-21,28-33H,22-27H2,1-13H3. The number of aryl methyl sites for hydroxylation is 1. The zero-order valence-electron chi connectivity index (χ0n) is 39.2. The molecule has 312 valence electrons. The van der Waals surface area contributed by atoms with Crippen molar-refractivity contribution < 1.29 is 0 Å². The summed E-state index contributed by atoms with van der Waals surface area (Å²) in [4.78, 5) is 5.33. The topological polar surface area (TPSA) is 6.48 Å². The van der Waals surface area contributed by atoms with Crippen molar-refractivity contribution in [3.63, 3.8) is 0 Å². The zero-order chi connectivity index (χ0) is 43.0. The van der Waals surface area contributed by atoms with Gasteiger partial charge in [-0.25, -0.2) is 0 Å². The van der Waals surface area contributed by atoms with Gasteiger partial charge in [0, 0.05) is 33.1 Å². The molecule has 0 saturated heterocycles. The van der Waals surface area contributed by atoms with Gasteiger partial charge < -0.3 is 9.80 Å². The van der Waals surface area contributed by atoms with E-state index in [0.29, 0.717) is 0 Å². The van der Waals surface area contributed by atoms with Crippen LogP contribution in [0, 0.1) is 6.92 Å². The molecule has 2 bridgehead atoms. The SMILES string of the molecule is Cc1cc2c3c(c1)N(c1ccc(C(C)(C)C)cc1)c1sc4cc5c(cc4c1B3c1cc3c(cc1N2c1ccc(C(C)(C)C)cc1)C(C)(C)CCC3(C)C)C1(C)CCC5(C)CC1. The molecule has 6 aromatic rings. The number of hydrogen-bond acceptors (Lipinski definition) is 3. The Hall–Kier alpha value is -4.28. The first kappa shape index (κ1) is 39.6. The Kier molecular flexibility index (Phi) is 8.08. The molecule has 0 amide bonds. The lowest BCUT2D eigenvalue weighted by molar-refractivity contribution is 0.188. The second kappa shape index (κ2) is 12.5. The second-order valence-electron chi connectivity index (χ2n) is 24.0. The fourth-order valence-electron chi connectivity index (χ4n) is 12.4. The summed E-state index contributed by atoms with van der Waals surface area (Å²) >= 11 is 2.05. The Balaban J connectivity index is 1.26. The first-order valence-electron chi connectivity index (χ1n) is 23.3. The van der Waals surface area contributed by atoms with Gasteiger partial charge in [-0.3, -0.25) is 0 Å². The molecule has 3 heterocycles. The summed E-state index contributed by atoms with van der Waals surface area (Å²) in [5.41, 5.74) is 22.1. The molecule has 5 aromatic carbocycles. The van der Waals surface area contributed by atoms with Crippen LogP contribution in [0.4, 0.5) is 33.4 Å². The summed E-state index contributed by atoms with van der Waals surface area (Å²) in [5.74, 6) is 0. The smallest absolute Gasteiger partial charge is 0.254 e. The van der Waals surface area contributed by atoms with Gasteiger partial charge in [-0.15, -0.1) is 11.3 Å². The Morgan fingerprint density at radius 1 is 0.508 bits per heavy atom. The van der Waals surface area contributed by atoms with Gasteiger partial charge in [0.15, 0.2) is 0 Å². The predicted molar refractivity (Wildman–Crippen MR) is 266 cm³/mol. The molecule has 4 heteroatoms. The number of thiophene rings is 1. The normalized spacial score (nSPS) is 23.1. The van der Waals surface area contributed by atoms with Crippen LogP contribution in [-0.4, -0.2) is 6.71 Å². The third kappa shape index (κ3) is 5.65. The highest BCUT2D eigenvalue weighted by Gasteiger charge is 2.51. The maximum absolute atomic E-state index is 2.72. The Morgan fingerprint density at radius 3 is 1.51 bits per heavy atom. The van der Waals surface area contributed by atoms with Crippen molar-refractivity contribution in [1.29, 1.82) is 0 Å². The van der Waals surface area contributed by atoms with E-state index in [0.717, 1.165) is 0 Å². The Labute approximate surface area is 370 Å². The molecule has 2 nitrogen and oxygen atoms in total. The van der Waals surface area contributed by atoms with Crippen LogP contribution in [0.2, 0.25) is 0 Å². The third-order valence-electron chi connectivity index (χ3n) is 16.7. The Morgan fingerprint density at radius 2 is 0.984 bits per heavy atom. The molecule has 0 spiro atoms. The fourth-order valence-corrected chi connectivity index (χ4v) is 13.7. The molecule has 4 aliphatic carbocycles. The van der Waals surface area contributed by atoms with Gasteiger partial charge in [0.05, 0.1) is 5.00 Å². The summed E-state index contributed by atoms with van der Waals surface area (Å²) in [6, 6.07) is 34.9. The number of anilines is 6. The van der Waals surface area contributed by atoms with E-state index in [1.165, 1.54) is 121 Å². The molecule has 2 aliphatic heterocycles. The predicted octanol–water partition coefficient (Wildman–Crippen LogP) is 14.3. The monoisotopic (exact) mass is 820 g/mol. The van der Waals surface area contributed by atoms with Crippen LogP contribution >= 0.6 is 11.3 Å². The lowest BCUT2D eigenvalue weighted by Gasteiger charge is -2.52. The van der Waals surface area contributed by atoms with Gasteiger partial charge in [-0.1, -0.05) is 113 Å². The third-order valence-corrected chi connectivity index (χ3v) is 17.8. The molecule has 6 aliphatic rings. The number of nitrogens with zero attached hydrogens (tertiary/aromatic N) is 2. The van der Waals surface area contributed by atoms with Crippen LogP contribution in [0.3, 0.4) is 0 Å². The molecule has 1 saturated carbocycles. The van der Waals surface area contributed by atoms with E-state index in [-0.39, 0.29) is 39.2 Å². The minimum atomic E-state index is 0.0766. The zero-order valence-corrected chi connectivity index (χ0v) is 40.0. The number of benzene rings is 5. The molecular weight excluding hydrogens is 756 g/mol. The summed E-state index contributed by atoms with van der Waals surface area (Å²) in [5, 5.41) is 2.87. The van der Waals surface area contributed by atoms with Crippen molar-refractivity contribution in [3.8, 4) is 0 Å². The van der Waals surface area contributed by atoms with Crippen LogP contribution in [-0.2, 0) is 32.5 Å². The summed E-state index contributed by atoms with van der Waals surface area (Å²) in [7, 11) is 0. The minimum absolute atomic E-state index is 0.0766. The summed E-state index contributed by atoms with van der Waals surface area (Å²) in [6.45, 7) is 31.5. The molecule has 0 unspecified atom stereocenters. The van der Waals surface area contributed by atoms with Crippen molar-refractivity contribution in [2.45, 2.75) is 161 Å². The van der Waals surface area contributed by atoms with E-state index < -0.39 is 0 Å². The lowest BCUT2D eigenvalue weighted by Crippen LogP contribution is -2.61. The summed E-state index contributed by atoms with van der Waals surface area (Å²) in [6.07, 6.45) is 7.57. The van der Waals surface area contributed by atoms with E-state index in [1.54, 1.807) is 16.7 Å². The first-order chi connectivity index (χ1) is 28.6. The molecular formula is C57H65BN2S. The Bertz CT molecular complexity index is 2810. The molecule has 0 N–H and O–H groups in total. The van der Waals surface area contributed by atoms with Crippen molar-refractivity contribution in [3.05, 3.63) is 124 Å². The van der Waals surface area contributed by atoms with Crippen LogP contribution in [0.5, 0.6) is 0 Å². The second-order valence-corrected chi connectivity index (χ2v) is 25.0.